The number of unbranched alkanes of at least 4 members (excludes halogenated alkanes) is 5. The molecule has 0 rings (SSSR count). The van der Waals surface area contributed by atoms with Crippen molar-refractivity contribution in [3.05, 3.63) is 26.0 Å². The Balaban J connectivity index is 3.26. The molecule has 0 amide bonds. The maximum Gasteiger partial charge on any atom is -0.0316 e. The van der Waals surface area contributed by atoms with Crippen molar-refractivity contribution in [3.8, 4) is 0 Å². The van der Waals surface area contributed by atoms with Gasteiger partial charge in [0.25, 0.3) is 0 Å². The van der Waals surface area contributed by atoms with Crippen LogP contribution in [-0.4, -0.2) is 0 Å². The van der Waals surface area contributed by atoms with Crippen LogP contribution in [0.5, 0.6) is 0 Å². The summed E-state index contributed by atoms with van der Waals surface area (Å²) in [6.07, 6.45) is 20.4. The summed E-state index contributed by atoms with van der Waals surface area (Å²) in [5, 5.41) is 0. The summed E-state index contributed by atoms with van der Waals surface area (Å²) in [5.74, 6) is 1.81. The van der Waals surface area contributed by atoms with E-state index in [-0.39, 0.29) is 0 Å². The Kier molecular flexibility index (Phi) is 14.9. The molecule has 0 saturated heterocycles. The highest BCUT2D eigenvalue weighted by Gasteiger charge is 2.04. The molecule has 20 heavy (non-hydrogen) atoms. The molecule has 0 N–H and O–H groups in total. The Hall–Kier alpha value is -0.260. The SMILES string of the molecule is [CH2]C=CCCCCCCC(C)CCCCC(C)CC[CH2]. The lowest BCUT2D eigenvalue weighted by Crippen LogP contribution is -1.97. The summed E-state index contributed by atoms with van der Waals surface area (Å²) in [4.78, 5) is 0. The first kappa shape index (κ1) is 19.7. The van der Waals surface area contributed by atoms with Gasteiger partial charge in [0.2, 0.25) is 0 Å². The molecule has 0 bridgehead atoms. The highest BCUT2D eigenvalue weighted by molar-refractivity contribution is 4.83. The normalized spacial score (nSPS) is 14.8. The van der Waals surface area contributed by atoms with Crippen molar-refractivity contribution in [1.82, 2.24) is 0 Å². The van der Waals surface area contributed by atoms with Crippen LogP contribution >= 0.6 is 0 Å². The van der Waals surface area contributed by atoms with Crippen LogP contribution < -0.4 is 0 Å². The van der Waals surface area contributed by atoms with Gasteiger partial charge in [-0.3, -0.25) is 0 Å². The quantitative estimate of drug-likeness (QED) is 0.296. The van der Waals surface area contributed by atoms with E-state index in [4.69, 9.17) is 0 Å². The Morgan fingerprint density at radius 2 is 1.25 bits per heavy atom. The Bertz CT molecular complexity index is 204. The van der Waals surface area contributed by atoms with Gasteiger partial charge in [0.1, 0.15) is 0 Å². The molecule has 2 radical (unpaired) electrons. The van der Waals surface area contributed by atoms with E-state index in [1.807, 2.05) is 6.08 Å². The van der Waals surface area contributed by atoms with E-state index in [1.54, 1.807) is 0 Å². The zero-order chi connectivity index (χ0) is 15.1. The largest absolute Gasteiger partial charge is 0.0885 e. The average molecular weight is 279 g/mol. The second-order valence-corrected chi connectivity index (χ2v) is 6.60. The Morgan fingerprint density at radius 3 is 1.80 bits per heavy atom. The van der Waals surface area contributed by atoms with Crippen molar-refractivity contribution in [3.63, 3.8) is 0 Å². The van der Waals surface area contributed by atoms with E-state index in [9.17, 15) is 0 Å². The number of rotatable bonds is 14. The predicted molar refractivity (Wildman–Crippen MR) is 93.6 cm³/mol. The molecule has 0 nitrogen and oxygen atoms in total. The van der Waals surface area contributed by atoms with Gasteiger partial charge in [-0.25, -0.2) is 0 Å². The smallest absolute Gasteiger partial charge is 0.0316 e. The molecule has 0 aliphatic carbocycles. The second-order valence-electron chi connectivity index (χ2n) is 6.60. The van der Waals surface area contributed by atoms with E-state index in [1.165, 1.54) is 70.6 Å². The first-order valence-corrected chi connectivity index (χ1v) is 8.94. The molecule has 0 saturated carbocycles. The zero-order valence-electron chi connectivity index (χ0n) is 14.2. The molecule has 0 aromatic rings. The Labute approximate surface area is 129 Å². The van der Waals surface area contributed by atoms with E-state index in [0.717, 1.165) is 18.3 Å². The number of allylic oxidation sites excluding steroid dienone is 2. The lowest BCUT2D eigenvalue weighted by Gasteiger charge is -2.13. The second kappa shape index (κ2) is 15.1. The molecule has 118 valence electrons. The third kappa shape index (κ3) is 14.2. The molecular weight excluding hydrogens is 240 g/mol. The van der Waals surface area contributed by atoms with Crippen molar-refractivity contribution >= 4 is 0 Å². The topological polar surface area (TPSA) is 0 Å². The molecule has 0 aliphatic heterocycles. The molecule has 2 unspecified atom stereocenters. The molecular formula is C20H38. The highest BCUT2D eigenvalue weighted by atomic mass is 14.1. The third-order valence-electron chi connectivity index (χ3n) is 4.33. The van der Waals surface area contributed by atoms with Gasteiger partial charge in [0.15, 0.2) is 0 Å². The number of hydrogen-bond donors (Lipinski definition) is 0. The maximum absolute atomic E-state index is 3.94. The van der Waals surface area contributed by atoms with E-state index in [2.05, 4.69) is 33.8 Å². The molecule has 0 heteroatoms. The van der Waals surface area contributed by atoms with E-state index < -0.39 is 0 Å². The van der Waals surface area contributed by atoms with Gasteiger partial charge in [-0.2, -0.15) is 0 Å². The molecule has 0 spiro atoms. The fourth-order valence-electron chi connectivity index (χ4n) is 2.85. The summed E-state index contributed by atoms with van der Waals surface area (Å²) >= 11 is 0. The van der Waals surface area contributed by atoms with Crippen LogP contribution in [0.1, 0.15) is 90.9 Å². The van der Waals surface area contributed by atoms with E-state index >= 15 is 0 Å². The Morgan fingerprint density at radius 1 is 0.750 bits per heavy atom. The average Bonchev–Trinajstić information content (AvgIpc) is 2.43. The van der Waals surface area contributed by atoms with Crippen molar-refractivity contribution in [2.24, 2.45) is 11.8 Å². The monoisotopic (exact) mass is 278 g/mol. The van der Waals surface area contributed by atoms with Crippen LogP contribution in [-0.2, 0) is 0 Å². The summed E-state index contributed by atoms with van der Waals surface area (Å²) < 4.78 is 0. The molecule has 2 atom stereocenters. The van der Waals surface area contributed by atoms with Crippen molar-refractivity contribution < 1.29 is 0 Å². The number of hydrogen-bond acceptors (Lipinski definition) is 0. The maximum atomic E-state index is 3.94. The zero-order valence-corrected chi connectivity index (χ0v) is 14.2. The molecule has 0 aliphatic rings. The van der Waals surface area contributed by atoms with Gasteiger partial charge in [0.05, 0.1) is 0 Å². The molecule has 0 heterocycles. The van der Waals surface area contributed by atoms with Gasteiger partial charge < -0.3 is 0 Å². The minimum Gasteiger partial charge on any atom is -0.0885 e. The van der Waals surface area contributed by atoms with Crippen molar-refractivity contribution in [2.75, 3.05) is 0 Å². The lowest BCUT2D eigenvalue weighted by atomic mass is 9.94. The summed E-state index contributed by atoms with van der Waals surface area (Å²) in [7, 11) is 0. The van der Waals surface area contributed by atoms with Crippen LogP contribution in [0.4, 0.5) is 0 Å². The van der Waals surface area contributed by atoms with Gasteiger partial charge >= 0.3 is 0 Å². The summed E-state index contributed by atoms with van der Waals surface area (Å²) in [6, 6.07) is 0. The molecule has 0 fully saturated rings. The van der Waals surface area contributed by atoms with Crippen LogP contribution in [0.25, 0.3) is 0 Å². The van der Waals surface area contributed by atoms with Crippen LogP contribution in [0, 0.1) is 25.7 Å². The van der Waals surface area contributed by atoms with Gasteiger partial charge in [-0.05, 0) is 31.6 Å². The first-order chi connectivity index (χ1) is 9.70. The summed E-state index contributed by atoms with van der Waals surface area (Å²) in [6.45, 7) is 12.5. The first-order valence-electron chi connectivity index (χ1n) is 8.94. The predicted octanol–water partition coefficient (Wildman–Crippen LogP) is 7.16. The van der Waals surface area contributed by atoms with Gasteiger partial charge in [-0.15, -0.1) is 0 Å². The fourth-order valence-corrected chi connectivity index (χ4v) is 2.85. The van der Waals surface area contributed by atoms with Crippen molar-refractivity contribution in [2.45, 2.75) is 90.9 Å². The minimum atomic E-state index is 0.884. The minimum absolute atomic E-state index is 0.884. The van der Waals surface area contributed by atoms with Crippen LogP contribution in [0.2, 0.25) is 0 Å². The third-order valence-corrected chi connectivity index (χ3v) is 4.33. The fraction of sp³-hybridized carbons (Fsp3) is 0.800. The standard InChI is InChI=1S/C20H38/c1-5-7-8-9-10-11-12-16-20(4)18-14-13-17-19(3)15-6-2/h5,7,19-20H,1-2,6,8-18H2,3-4H3. The lowest BCUT2D eigenvalue weighted by molar-refractivity contribution is 0.410. The van der Waals surface area contributed by atoms with E-state index in [0.29, 0.717) is 0 Å². The molecule has 0 aromatic carbocycles. The van der Waals surface area contributed by atoms with Gasteiger partial charge in [0, 0.05) is 0 Å². The van der Waals surface area contributed by atoms with Gasteiger partial charge in [-0.1, -0.05) is 97.1 Å². The van der Waals surface area contributed by atoms with Crippen LogP contribution in [0.3, 0.4) is 0 Å². The van der Waals surface area contributed by atoms with Crippen LogP contribution in [0.15, 0.2) is 12.2 Å². The highest BCUT2D eigenvalue weighted by Crippen LogP contribution is 2.20. The van der Waals surface area contributed by atoms with Crippen molar-refractivity contribution in [1.29, 1.82) is 0 Å². The molecule has 0 aromatic heterocycles. The summed E-state index contributed by atoms with van der Waals surface area (Å²) in [5.41, 5.74) is 0.